The molecule has 0 amide bonds. The molecule has 0 spiro atoms. The molecule has 1 aromatic heterocycles. The average Bonchev–Trinajstić information content (AvgIpc) is 2.93. The Morgan fingerprint density at radius 2 is 1.59 bits per heavy atom. The van der Waals surface area contributed by atoms with Gasteiger partial charge in [0.05, 0.1) is 31.9 Å². The van der Waals surface area contributed by atoms with Crippen molar-refractivity contribution < 1.29 is 33.6 Å². The van der Waals surface area contributed by atoms with Gasteiger partial charge >= 0.3 is 6.16 Å². The van der Waals surface area contributed by atoms with Crippen LogP contribution in [0.15, 0.2) is 60.7 Å². The largest absolute Gasteiger partial charge is 0.513 e. The Labute approximate surface area is 232 Å². The van der Waals surface area contributed by atoms with Crippen molar-refractivity contribution in [3.05, 3.63) is 82.5 Å². The quantitative estimate of drug-likeness (QED) is 0.164. The first-order chi connectivity index (χ1) is 18.9. The van der Waals surface area contributed by atoms with Gasteiger partial charge < -0.3 is 28.8 Å². The summed E-state index contributed by atoms with van der Waals surface area (Å²) < 4.78 is 27.2. The molecule has 0 saturated carbocycles. The van der Waals surface area contributed by atoms with Crippen LogP contribution < -0.4 is 9.47 Å². The lowest BCUT2D eigenvalue weighted by atomic mass is 9.99. The molecule has 0 atom stereocenters. The number of methoxy groups -OCH3 is 1. The topological polar surface area (TPSA) is 96.3 Å². The van der Waals surface area contributed by atoms with Crippen LogP contribution >= 0.6 is 11.6 Å². The SMILES string of the molecule is COCCOCCOC(=O)Oc1c(-c2ccc(Oc3ccc(C)cc3)cc2)c(C)nc2cc(CO)c(Cl)cc12. The van der Waals surface area contributed by atoms with Crippen LogP contribution in [0.3, 0.4) is 0 Å². The summed E-state index contributed by atoms with van der Waals surface area (Å²) in [6.45, 7) is 4.64. The number of ether oxygens (including phenoxy) is 5. The Hall–Kier alpha value is -3.69. The van der Waals surface area contributed by atoms with Gasteiger partial charge in [0.25, 0.3) is 0 Å². The minimum absolute atomic E-state index is 0.0142. The summed E-state index contributed by atoms with van der Waals surface area (Å²) in [7, 11) is 1.58. The van der Waals surface area contributed by atoms with Crippen LogP contribution in [0.4, 0.5) is 4.79 Å². The molecule has 0 saturated heterocycles. The fourth-order valence-corrected chi connectivity index (χ4v) is 4.18. The van der Waals surface area contributed by atoms with Gasteiger partial charge in [-0.25, -0.2) is 4.79 Å². The first kappa shape index (κ1) is 28.3. The molecule has 0 unspecified atom stereocenters. The minimum atomic E-state index is -0.889. The molecule has 3 aromatic carbocycles. The second-order valence-electron chi connectivity index (χ2n) is 8.77. The highest BCUT2D eigenvalue weighted by Gasteiger charge is 2.21. The first-order valence-electron chi connectivity index (χ1n) is 12.4. The molecule has 4 aromatic rings. The average molecular weight is 552 g/mol. The van der Waals surface area contributed by atoms with Gasteiger partial charge in [-0.1, -0.05) is 41.4 Å². The van der Waals surface area contributed by atoms with Crippen molar-refractivity contribution in [2.75, 3.05) is 33.5 Å². The van der Waals surface area contributed by atoms with Crippen LogP contribution in [0.2, 0.25) is 5.02 Å². The van der Waals surface area contributed by atoms with Crippen molar-refractivity contribution in [3.8, 4) is 28.4 Å². The lowest BCUT2D eigenvalue weighted by molar-refractivity contribution is 0.0315. The Morgan fingerprint density at radius 1 is 0.923 bits per heavy atom. The van der Waals surface area contributed by atoms with Gasteiger partial charge in [-0.05, 0) is 61.4 Å². The highest BCUT2D eigenvalue weighted by Crippen LogP contribution is 2.41. The number of aryl methyl sites for hydroxylation is 2. The van der Waals surface area contributed by atoms with Crippen molar-refractivity contribution in [1.82, 2.24) is 4.98 Å². The maximum Gasteiger partial charge on any atom is 0.513 e. The molecule has 0 aliphatic carbocycles. The van der Waals surface area contributed by atoms with E-state index in [-0.39, 0.29) is 25.6 Å². The molecule has 4 rings (SSSR count). The highest BCUT2D eigenvalue weighted by molar-refractivity contribution is 6.32. The molecule has 1 N–H and O–H groups in total. The van der Waals surface area contributed by atoms with Gasteiger partial charge in [0, 0.05) is 28.8 Å². The number of rotatable bonds is 11. The third-order valence-corrected chi connectivity index (χ3v) is 6.27. The number of fused-ring (bicyclic) bond motifs is 1. The zero-order chi connectivity index (χ0) is 27.8. The van der Waals surface area contributed by atoms with E-state index in [0.717, 1.165) is 16.9 Å². The number of benzene rings is 3. The predicted octanol–water partition coefficient (Wildman–Crippen LogP) is 6.64. The van der Waals surface area contributed by atoms with Crippen LogP contribution in [0, 0.1) is 13.8 Å². The molecule has 0 fully saturated rings. The maximum atomic E-state index is 12.7. The summed E-state index contributed by atoms with van der Waals surface area (Å²) in [4.78, 5) is 17.4. The van der Waals surface area contributed by atoms with Crippen molar-refractivity contribution in [2.24, 2.45) is 0 Å². The number of aromatic nitrogens is 1. The molecule has 9 heteroatoms. The second kappa shape index (κ2) is 13.4. The number of carbonyl (C=O) groups excluding carboxylic acids is 1. The molecule has 0 bridgehead atoms. The fraction of sp³-hybridized carbons (Fsp3) is 0.267. The van der Waals surface area contributed by atoms with Crippen LogP contribution in [-0.4, -0.2) is 49.8 Å². The van der Waals surface area contributed by atoms with Gasteiger partial charge in [0.1, 0.15) is 18.1 Å². The predicted molar refractivity (Wildman–Crippen MR) is 149 cm³/mol. The molecule has 204 valence electrons. The molecule has 0 aliphatic rings. The summed E-state index contributed by atoms with van der Waals surface area (Å²) in [6, 6.07) is 18.5. The fourth-order valence-electron chi connectivity index (χ4n) is 3.96. The van der Waals surface area contributed by atoms with Gasteiger partial charge in [0.15, 0.2) is 5.75 Å². The maximum absolute atomic E-state index is 12.7. The molecule has 1 heterocycles. The summed E-state index contributed by atoms with van der Waals surface area (Å²) in [6.07, 6.45) is -0.889. The number of aliphatic hydroxyl groups excluding tert-OH is 1. The monoisotopic (exact) mass is 551 g/mol. The summed E-state index contributed by atoms with van der Waals surface area (Å²) in [5.74, 6) is 1.63. The van der Waals surface area contributed by atoms with E-state index in [1.54, 1.807) is 19.2 Å². The van der Waals surface area contributed by atoms with E-state index in [2.05, 4.69) is 0 Å². The van der Waals surface area contributed by atoms with E-state index in [4.69, 9.17) is 40.3 Å². The lowest BCUT2D eigenvalue weighted by Crippen LogP contribution is -2.16. The van der Waals surface area contributed by atoms with Gasteiger partial charge in [-0.15, -0.1) is 0 Å². The number of carbonyl (C=O) groups is 1. The summed E-state index contributed by atoms with van der Waals surface area (Å²) >= 11 is 6.40. The first-order valence-corrected chi connectivity index (χ1v) is 12.8. The van der Waals surface area contributed by atoms with Crippen molar-refractivity contribution >= 4 is 28.7 Å². The molecule has 8 nitrogen and oxygen atoms in total. The van der Waals surface area contributed by atoms with E-state index >= 15 is 0 Å². The normalized spacial score (nSPS) is 11.0. The second-order valence-corrected chi connectivity index (χ2v) is 9.17. The molecule has 0 aliphatic heterocycles. The summed E-state index contributed by atoms with van der Waals surface area (Å²) in [5.41, 5.74) is 4.16. The zero-order valence-corrected chi connectivity index (χ0v) is 22.8. The van der Waals surface area contributed by atoms with Crippen molar-refractivity contribution in [1.29, 1.82) is 0 Å². The van der Waals surface area contributed by atoms with E-state index in [1.807, 2.05) is 62.4 Å². The molecular weight excluding hydrogens is 522 g/mol. The Bertz CT molecular complexity index is 1420. The third-order valence-electron chi connectivity index (χ3n) is 5.92. The van der Waals surface area contributed by atoms with E-state index < -0.39 is 6.16 Å². The Balaban J connectivity index is 1.65. The van der Waals surface area contributed by atoms with Crippen LogP contribution in [0.1, 0.15) is 16.8 Å². The number of halogens is 1. The van der Waals surface area contributed by atoms with Crippen LogP contribution in [0.25, 0.3) is 22.0 Å². The standard InChI is InChI=1S/C30H30ClNO7/c1-19-4-8-23(9-5-19)38-24-10-6-21(7-11-24)28-20(2)32-27-16-22(18-33)26(31)17-25(27)29(28)39-30(34)37-15-14-36-13-12-35-3/h4-11,16-17,33H,12-15,18H2,1-3H3. The number of nitrogens with zero attached hydrogens (tertiary/aromatic N) is 1. The van der Waals surface area contributed by atoms with E-state index in [1.165, 1.54) is 0 Å². The number of hydrogen-bond acceptors (Lipinski definition) is 8. The highest BCUT2D eigenvalue weighted by atomic mass is 35.5. The van der Waals surface area contributed by atoms with Gasteiger partial charge in [0.2, 0.25) is 0 Å². The van der Waals surface area contributed by atoms with Crippen molar-refractivity contribution in [3.63, 3.8) is 0 Å². The van der Waals surface area contributed by atoms with E-state index in [9.17, 15) is 9.90 Å². The summed E-state index contributed by atoms with van der Waals surface area (Å²) in [5, 5.41) is 10.5. The van der Waals surface area contributed by atoms with Crippen LogP contribution in [0.5, 0.6) is 17.2 Å². The zero-order valence-electron chi connectivity index (χ0n) is 22.0. The lowest BCUT2D eigenvalue weighted by Gasteiger charge is -2.17. The van der Waals surface area contributed by atoms with Gasteiger partial charge in [-0.2, -0.15) is 0 Å². The Kier molecular flexibility index (Phi) is 9.73. The van der Waals surface area contributed by atoms with Crippen LogP contribution in [-0.2, 0) is 20.8 Å². The number of aliphatic hydroxyl groups is 1. The smallest absolute Gasteiger partial charge is 0.457 e. The minimum Gasteiger partial charge on any atom is -0.457 e. The molecule has 0 radical (unpaired) electrons. The Morgan fingerprint density at radius 3 is 2.26 bits per heavy atom. The number of pyridine rings is 1. The van der Waals surface area contributed by atoms with Crippen molar-refractivity contribution in [2.45, 2.75) is 20.5 Å². The molecule has 39 heavy (non-hydrogen) atoms. The number of hydrogen-bond donors (Lipinski definition) is 1. The van der Waals surface area contributed by atoms with E-state index in [0.29, 0.717) is 51.7 Å². The van der Waals surface area contributed by atoms with Gasteiger partial charge in [-0.3, -0.25) is 4.98 Å². The third kappa shape index (κ3) is 7.25. The molecular formula is C30H30ClNO7.